The number of nitrogens with zero attached hydrogens (tertiary/aromatic N) is 2. The first kappa shape index (κ1) is 14.4. The summed E-state index contributed by atoms with van der Waals surface area (Å²) in [6.45, 7) is 0.366. The minimum absolute atomic E-state index is 0.140. The van der Waals surface area contributed by atoms with Crippen LogP contribution in [0.3, 0.4) is 0 Å². The van der Waals surface area contributed by atoms with E-state index < -0.39 is 10.0 Å². The minimum Gasteiger partial charge on any atom is -0.268 e. The van der Waals surface area contributed by atoms with Crippen molar-refractivity contribution in [3.8, 4) is 0 Å². The molecule has 2 heterocycles. The average Bonchev–Trinajstić information content (AvgIpc) is 3.14. The van der Waals surface area contributed by atoms with Crippen LogP contribution in [0.5, 0.6) is 0 Å². The third-order valence-corrected chi connectivity index (χ3v) is 6.12. The Morgan fingerprint density at radius 3 is 2.81 bits per heavy atom. The van der Waals surface area contributed by atoms with Crippen molar-refractivity contribution >= 4 is 21.4 Å². The minimum atomic E-state index is -3.49. The van der Waals surface area contributed by atoms with Gasteiger partial charge in [0.25, 0.3) is 5.56 Å². The van der Waals surface area contributed by atoms with E-state index >= 15 is 0 Å². The summed E-state index contributed by atoms with van der Waals surface area (Å²) < 4.78 is 28.0. The maximum atomic E-state index is 11.9. The highest BCUT2D eigenvalue weighted by Crippen LogP contribution is 2.38. The summed E-state index contributed by atoms with van der Waals surface area (Å²) >= 11 is 1.16. The predicted molar refractivity (Wildman–Crippen MR) is 80.0 cm³/mol. The van der Waals surface area contributed by atoms with Crippen LogP contribution >= 0.6 is 11.3 Å². The van der Waals surface area contributed by atoms with Crippen LogP contribution in [-0.4, -0.2) is 24.7 Å². The topological polar surface area (TPSA) is 81.1 Å². The lowest BCUT2D eigenvalue weighted by Gasteiger charge is -2.07. The molecule has 8 heteroatoms. The Morgan fingerprint density at radius 1 is 1.33 bits per heavy atom. The van der Waals surface area contributed by atoms with Gasteiger partial charge in [0.05, 0.1) is 12.2 Å². The number of hydrogen-bond donors (Lipinski definition) is 1. The highest BCUT2D eigenvalue weighted by Gasteiger charge is 2.25. The smallest absolute Gasteiger partial charge is 0.266 e. The van der Waals surface area contributed by atoms with Crippen LogP contribution < -0.4 is 10.3 Å². The maximum Gasteiger partial charge on any atom is 0.266 e. The van der Waals surface area contributed by atoms with Gasteiger partial charge >= 0.3 is 0 Å². The van der Waals surface area contributed by atoms with E-state index in [4.69, 9.17) is 0 Å². The fourth-order valence-electron chi connectivity index (χ4n) is 2.00. The van der Waals surface area contributed by atoms with Gasteiger partial charge < -0.3 is 0 Å². The molecule has 0 bridgehead atoms. The van der Waals surface area contributed by atoms with E-state index in [9.17, 15) is 13.2 Å². The van der Waals surface area contributed by atoms with Gasteiger partial charge in [0.2, 0.25) is 10.0 Å². The van der Waals surface area contributed by atoms with E-state index in [0.717, 1.165) is 29.9 Å². The molecule has 112 valence electrons. The molecule has 0 radical (unpaired) electrons. The summed E-state index contributed by atoms with van der Waals surface area (Å²) in [6.07, 6.45) is 2.21. The highest BCUT2D eigenvalue weighted by molar-refractivity contribution is 7.91. The summed E-state index contributed by atoms with van der Waals surface area (Å²) in [5.41, 5.74) is 0.699. The standard InChI is InChI=1S/C13H15N3O3S2/c17-12-6-5-11(10-3-4-10)15-16(12)8-7-14-21(18,19)13-2-1-9-20-13/h1-2,5-6,9-10,14H,3-4,7-8H2. The van der Waals surface area contributed by atoms with Gasteiger partial charge in [-0.2, -0.15) is 5.10 Å². The molecular weight excluding hydrogens is 310 g/mol. The van der Waals surface area contributed by atoms with Gasteiger partial charge in [-0.3, -0.25) is 4.79 Å². The van der Waals surface area contributed by atoms with Gasteiger partial charge in [-0.15, -0.1) is 11.3 Å². The number of sulfonamides is 1. The summed E-state index contributed by atoms with van der Waals surface area (Å²) in [7, 11) is -3.49. The van der Waals surface area contributed by atoms with Crippen LogP contribution in [0.25, 0.3) is 0 Å². The molecule has 6 nitrogen and oxygen atoms in total. The molecular formula is C13H15N3O3S2. The van der Waals surface area contributed by atoms with Gasteiger partial charge in [0.15, 0.2) is 0 Å². The molecule has 0 unspecified atom stereocenters. The fraction of sp³-hybridized carbons (Fsp3) is 0.385. The van der Waals surface area contributed by atoms with Crippen molar-refractivity contribution in [2.75, 3.05) is 6.54 Å². The zero-order chi connectivity index (χ0) is 14.9. The van der Waals surface area contributed by atoms with Gasteiger partial charge in [0.1, 0.15) is 4.21 Å². The van der Waals surface area contributed by atoms with E-state index in [1.165, 1.54) is 10.7 Å². The number of rotatable bonds is 6. The normalized spacial score (nSPS) is 15.2. The third-order valence-electron chi connectivity index (χ3n) is 3.26. The number of thiophene rings is 1. The van der Waals surface area contributed by atoms with E-state index in [0.29, 0.717) is 5.92 Å². The lowest BCUT2D eigenvalue weighted by atomic mass is 10.3. The molecule has 0 aromatic carbocycles. The quantitative estimate of drug-likeness (QED) is 0.864. The molecule has 0 amide bonds. The van der Waals surface area contributed by atoms with Gasteiger partial charge in [-0.1, -0.05) is 6.07 Å². The molecule has 0 spiro atoms. The molecule has 1 saturated carbocycles. The first-order valence-corrected chi connectivity index (χ1v) is 9.04. The Bertz CT molecular complexity index is 777. The Kier molecular flexibility index (Phi) is 3.92. The van der Waals surface area contributed by atoms with Gasteiger partial charge in [-0.05, 0) is 30.4 Å². The highest BCUT2D eigenvalue weighted by atomic mass is 32.2. The van der Waals surface area contributed by atoms with Crippen molar-refractivity contribution in [3.05, 3.63) is 45.7 Å². The Balaban J connectivity index is 1.65. The Hall–Kier alpha value is -1.51. The zero-order valence-electron chi connectivity index (χ0n) is 11.2. The second-order valence-electron chi connectivity index (χ2n) is 4.92. The lowest BCUT2D eigenvalue weighted by molar-refractivity contribution is 0.541. The van der Waals surface area contributed by atoms with E-state index in [1.54, 1.807) is 23.6 Å². The van der Waals surface area contributed by atoms with Crippen LogP contribution in [0.4, 0.5) is 0 Å². The van der Waals surface area contributed by atoms with Crippen molar-refractivity contribution < 1.29 is 8.42 Å². The van der Waals surface area contributed by atoms with Crippen LogP contribution in [0, 0.1) is 0 Å². The molecule has 1 aliphatic rings. The molecule has 0 atom stereocenters. The van der Waals surface area contributed by atoms with Crippen LogP contribution in [0.1, 0.15) is 24.5 Å². The van der Waals surface area contributed by atoms with Crippen LogP contribution in [0.2, 0.25) is 0 Å². The summed E-state index contributed by atoms with van der Waals surface area (Å²) in [4.78, 5) is 11.7. The summed E-state index contributed by atoms with van der Waals surface area (Å²) in [6, 6.07) is 6.48. The van der Waals surface area contributed by atoms with E-state index in [2.05, 4.69) is 9.82 Å². The van der Waals surface area contributed by atoms with Gasteiger partial charge in [-0.25, -0.2) is 17.8 Å². The van der Waals surface area contributed by atoms with E-state index in [1.807, 2.05) is 0 Å². The molecule has 1 aliphatic carbocycles. The van der Waals surface area contributed by atoms with E-state index in [-0.39, 0.29) is 22.9 Å². The number of hydrogen-bond acceptors (Lipinski definition) is 5. The summed E-state index contributed by atoms with van der Waals surface area (Å²) in [5, 5.41) is 6.00. The molecule has 1 fully saturated rings. The molecule has 2 aromatic rings. The Labute approximate surface area is 126 Å². The van der Waals surface area contributed by atoms with Gasteiger partial charge in [0, 0.05) is 18.5 Å². The largest absolute Gasteiger partial charge is 0.268 e. The second-order valence-corrected chi connectivity index (χ2v) is 7.87. The fourth-order valence-corrected chi connectivity index (χ4v) is 4.05. The van der Waals surface area contributed by atoms with Crippen LogP contribution in [-0.2, 0) is 16.6 Å². The molecule has 3 rings (SSSR count). The predicted octanol–water partition coefficient (Wildman–Crippen LogP) is 1.16. The van der Waals surface area contributed by atoms with Crippen molar-refractivity contribution in [2.24, 2.45) is 0 Å². The second kappa shape index (κ2) is 5.70. The first-order valence-electron chi connectivity index (χ1n) is 6.67. The average molecular weight is 325 g/mol. The van der Waals surface area contributed by atoms with Crippen molar-refractivity contribution in [1.82, 2.24) is 14.5 Å². The van der Waals surface area contributed by atoms with Crippen molar-refractivity contribution in [3.63, 3.8) is 0 Å². The number of nitrogens with one attached hydrogen (secondary N) is 1. The van der Waals surface area contributed by atoms with Crippen molar-refractivity contribution in [1.29, 1.82) is 0 Å². The summed E-state index contributed by atoms with van der Waals surface area (Å²) in [5.74, 6) is 0.458. The molecule has 21 heavy (non-hydrogen) atoms. The maximum absolute atomic E-state index is 11.9. The SMILES string of the molecule is O=c1ccc(C2CC2)nn1CCNS(=O)(=O)c1cccs1. The zero-order valence-corrected chi connectivity index (χ0v) is 12.9. The van der Waals surface area contributed by atoms with Crippen LogP contribution in [0.15, 0.2) is 38.6 Å². The lowest BCUT2D eigenvalue weighted by Crippen LogP contribution is -2.31. The molecule has 1 N–H and O–H groups in total. The molecule has 0 saturated heterocycles. The van der Waals surface area contributed by atoms with Crippen molar-refractivity contribution in [2.45, 2.75) is 29.5 Å². The third kappa shape index (κ3) is 3.39. The number of aromatic nitrogens is 2. The first-order chi connectivity index (χ1) is 10.1. The molecule has 2 aromatic heterocycles. The molecule has 0 aliphatic heterocycles. The monoisotopic (exact) mass is 325 g/mol. The Morgan fingerprint density at radius 2 is 2.14 bits per heavy atom.